The van der Waals surface area contributed by atoms with Gasteiger partial charge in [-0.3, -0.25) is 0 Å². The highest BCUT2D eigenvalue weighted by molar-refractivity contribution is 7.89. The van der Waals surface area contributed by atoms with Crippen LogP contribution in [-0.2, 0) is 21.4 Å². The Morgan fingerprint density at radius 1 is 1.05 bits per heavy atom. The van der Waals surface area contributed by atoms with Crippen LogP contribution in [0, 0.1) is 0 Å². The first-order valence-corrected chi connectivity index (χ1v) is 7.92. The van der Waals surface area contributed by atoms with E-state index in [1.54, 1.807) is 0 Å². The second kappa shape index (κ2) is 7.06. The summed E-state index contributed by atoms with van der Waals surface area (Å²) in [6, 6.07) is 14.6. The molecule has 0 heterocycles. The van der Waals surface area contributed by atoms with Crippen LogP contribution in [0.15, 0.2) is 59.5 Å². The maximum atomic E-state index is 12.1. The predicted molar refractivity (Wildman–Crippen MR) is 77.4 cm³/mol. The molecule has 0 bridgehead atoms. The van der Waals surface area contributed by atoms with Crippen molar-refractivity contribution in [1.29, 1.82) is 0 Å². The Labute approximate surface area is 128 Å². The zero-order valence-electron chi connectivity index (χ0n) is 11.6. The molecule has 0 saturated carbocycles. The first-order chi connectivity index (χ1) is 10.5. The maximum Gasteiger partial charge on any atom is 0.240 e. The summed E-state index contributed by atoms with van der Waals surface area (Å²) in [7, 11) is -3.64. The molecule has 1 N–H and O–H groups in total. The number of carbonyl (C=O) groups is 1. The lowest BCUT2D eigenvalue weighted by atomic mass is 10.2. The van der Waals surface area contributed by atoms with Crippen LogP contribution in [0.2, 0.25) is 0 Å². The van der Waals surface area contributed by atoms with Gasteiger partial charge in [0.1, 0.15) is 12.4 Å². The number of rotatable bonds is 7. The summed E-state index contributed by atoms with van der Waals surface area (Å²) in [5, 5.41) is 10.3. The van der Waals surface area contributed by atoms with Gasteiger partial charge in [-0.05, 0) is 29.8 Å². The van der Waals surface area contributed by atoms with E-state index >= 15 is 0 Å². The molecule has 0 radical (unpaired) electrons. The number of sulfonamides is 1. The summed E-state index contributed by atoms with van der Waals surface area (Å²) in [4.78, 5) is 10.4. The lowest BCUT2D eigenvalue weighted by Crippen LogP contribution is -2.29. The van der Waals surface area contributed by atoms with Gasteiger partial charge in [0.15, 0.2) is 0 Å². The number of carboxylic acid groups (broad SMARTS) is 1. The number of carboxylic acids is 1. The van der Waals surface area contributed by atoms with Crippen LogP contribution >= 0.6 is 0 Å². The first kappa shape index (κ1) is 16.0. The highest BCUT2D eigenvalue weighted by atomic mass is 32.2. The van der Waals surface area contributed by atoms with Crippen LogP contribution < -0.4 is 14.6 Å². The predicted octanol–water partition coefficient (Wildman–Crippen LogP) is 0.294. The molecular formula is C15H14NO5S-. The molecule has 2 aromatic rings. The van der Waals surface area contributed by atoms with E-state index in [2.05, 4.69) is 4.72 Å². The monoisotopic (exact) mass is 320 g/mol. The van der Waals surface area contributed by atoms with Gasteiger partial charge >= 0.3 is 0 Å². The van der Waals surface area contributed by atoms with Gasteiger partial charge in [-0.25, -0.2) is 13.1 Å². The number of carbonyl (C=O) groups excluding carboxylic acids is 1. The van der Waals surface area contributed by atoms with Crippen LogP contribution in [0.25, 0.3) is 0 Å². The molecule has 0 fully saturated rings. The van der Waals surface area contributed by atoms with Gasteiger partial charge in [0.2, 0.25) is 10.0 Å². The van der Waals surface area contributed by atoms with Gasteiger partial charge < -0.3 is 14.6 Å². The zero-order chi connectivity index (χ0) is 16.0. The summed E-state index contributed by atoms with van der Waals surface area (Å²) >= 11 is 0. The number of hydrogen-bond acceptors (Lipinski definition) is 5. The van der Waals surface area contributed by atoms with E-state index in [-0.39, 0.29) is 17.2 Å². The van der Waals surface area contributed by atoms with Gasteiger partial charge in [-0.2, -0.15) is 0 Å². The molecule has 2 aromatic carbocycles. The van der Waals surface area contributed by atoms with Crippen LogP contribution in [0.1, 0.15) is 5.56 Å². The lowest BCUT2D eigenvalue weighted by Gasteiger charge is -2.09. The summed E-state index contributed by atoms with van der Waals surface area (Å²) in [5.41, 5.74) is 0.847. The van der Waals surface area contributed by atoms with Gasteiger partial charge in [0, 0.05) is 6.54 Å². The van der Waals surface area contributed by atoms with Crippen molar-refractivity contribution in [3.8, 4) is 5.75 Å². The van der Waals surface area contributed by atoms with E-state index in [9.17, 15) is 18.3 Å². The Hall–Kier alpha value is -2.38. The number of nitrogens with one attached hydrogen (secondary N) is 1. The van der Waals surface area contributed by atoms with Gasteiger partial charge in [0.05, 0.1) is 10.9 Å². The molecule has 0 aliphatic rings. The first-order valence-electron chi connectivity index (χ1n) is 6.44. The Bertz CT molecular complexity index is 726. The number of benzene rings is 2. The van der Waals surface area contributed by atoms with Crippen LogP contribution in [-0.4, -0.2) is 21.0 Å². The van der Waals surface area contributed by atoms with Gasteiger partial charge in [0.25, 0.3) is 0 Å². The summed E-state index contributed by atoms with van der Waals surface area (Å²) < 4.78 is 31.6. The molecule has 0 unspecified atom stereocenters. The summed E-state index contributed by atoms with van der Waals surface area (Å²) in [6.45, 7) is -0.398. The molecule has 0 aliphatic carbocycles. The van der Waals surface area contributed by atoms with E-state index in [0.29, 0.717) is 0 Å². The van der Waals surface area contributed by atoms with E-state index in [1.165, 1.54) is 24.3 Å². The molecule has 0 aliphatic heterocycles. The molecule has 0 amide bonds. The fourth-order valence-corrected chi connectivity index (χ4v) is 2.73. The van der Waals surface area contributed by atoms with E-state index in [1.807, 2.05) is 30.3 Å². The average molecular weight is 320 g/mol. The minimum atomic E-state index is -3.64. The van der Waals surface area contributed by atoms with E-state index in [0.717, 1.165) is 5.56 Å². The van der Waals surface area contributed by atoms with Crippen molar-refractivity contribution in [2.24, 2.45) is 0 Å². The Balaban J connectivity index is 2.01. The zero-order valence-corrected chi connectivity index (χ0v) is 12.4. The second-order valence-corrected chi connectivity index (χ2v) is 6.21. The van der Waals surface area contributed by atoms with Gasteiger partial charge in [-0.1, -0.05) is 30.3 Å². The Morgan fingerprint density at radius 2 is 1.68 bits per heavy atom. The fraction of sp³-hybridized carbons (Fsp3) is 0.133. The molecule has 22 heavy (non-hydrogen) atoms. The minimum Gasteiger partial charge on any atom is -0.546 e. The molecule has 0 spiro atoms. The van der Waals surface area contributed by atoms with E-state index < -0.39 is 22.6 Å². The van der Waals surface area contributed by atoms with Crippen molar-refractivity contribution in [3.63, 3.8) is 0 Å². The molecule has 0 atom stereocenters. The third-order valence-electron chi connectivity index (χ3n) is 2.80. The molecular weight excluding hydrogens is 306 g/mol. The van der Waals surface area contributed by atoms with Crippen molar-refractivity contribution in [3.05, 3.63) is 60.2 Å². The number of aliphatic carboxylic acids is 1. The van der Waals surface area contributed by atoms with Crippen LogP contribution in [0.4, 0.5) is 0 Å². The maximum absolute atomic E-state index is 12.1. The highest BCUT2D eigenvalue weighted by Crippen LogP contribution is 2.16. The standard InChI is InChI=1S/C15H15NO5S/c17-15(18)11-21-13-6-8-14(9-7-13)22(19,20)16-10-12-4-2-1-3-5-12/h1-9,16H,10-11H2,(H,17,18)/p-1. The molecule has 6 nitrogen and oxygen atoms in total. The molecule has 0 aromatic heterocycles. The number of hydrogen-bond donors (Lipinski definition) is 1. The summed E-state index contributed by atoms with van der Waals surface area (Å²) in [5.74, 6) is -1.09. The second-order valence-electron chi connectivity index (χ2n) is 4.44. The molecule has 7 heteroatoms. The topological polar surface area (TPSA) is 95.5 Å². The largest absolute Gasteiger partial charge is 0.546 e. The average Bonchev–Trinajstić information content (AvgIpc) is 2.52. The van der Waals surface area contributed by atoms with Crippen molar-refractivity contribution in [1.82, 2.24) is 4.72 Å². The minimum absolute atomic E-state index is 0.0734. The molecule has 0 saturated heterocycles. The molecule has 116 valence electrons. The van der Waals surface area contributed by atoms with Crippen molar-refractivity contribution in [2.45, 2.75) is 11.4 Å². The Morgan fingerprint density at radius 3 is 2.27 bits per heavy atom. The van der Waals surface area contributed by atoms with E-state index in [4.69, 9.17) is 4.74 Å². The van der Waals surface area contributed by atoms with Crippen molar-refractivity contribution >= 4 is 16.0 Å². The van der Waals surface area contributed by atoms with Crippen LogP contribution in [0.5, 0.6) is 5.75 Å². The smallest absolute Gasteiger partial charge is 0.240 e. The number of ether oxygens (including phenoxy) is 1. The third kappa shape index (κ3) is 4.57. The van der Waals surface area contributed by atoms with Crippen molar-refractivity contribution < 1.29 is 23.1 Å². The fourth-order valence-electron chi connectivity index (χ4n) is 1.71. The van der Waals surface area contributed by atoms with Crippen molar-refractivity contribution in [2.75, 3.05) is 6.61 Å². The molecule has 2 rings (SSSR count). The SMILES string of the molecule is O=C([O-])COc1ccc(S(=O)(=O)NCc2ccccc2)cc1. The third-order valence-corrected chi connectivity index (χ3v) is 4.22. The Kier molecular flexibility index (Phi) is 5.13. The van der Waals surface area contributed by atoms with Crippen LogP contribution in [0.3, 0.4) is 0 Å². The normalized spacial score (nSPS) is 11.1. The summed E-state index contributed by atoms with van der Waals surface area (Å²) in [6.07, 6.45) is 0. The highest BCUT2D eigenvalue weighted by Gasteiger charge is 2.13. The lowest BCUT2D eigenvalue weighted by molar-refractivity contribution is -0.307. The van der Waals surface area contributed by atoms with Gasteiger partial charge in [-0.15, -0.1) is 0 Å². The quantitative estimate of drug-likeness (QED) is 0.791.